The summed E-state index contributed by atoms with van der Waals surface area (Å²) in [7, 11) is 1.57. The molecule has 0 atom stereocenters. The van der Waals surface area contributed by atoms with Gasteiger partial charge >= 0.3 is 5.76 Å². The van der Waals surface area contributed by atoms with Crippen LogP contribution in [0.15, 0.2) is 45.7 Å². The summed E-state index contributed by atoms with van der Waals surface area (Å²) in [4.78, 5) is 32.5. The summed E-state index contributed by atoms with van der Waals surface area (Å²) in [6, 6.07) is 8.02. The van der Waals surface area contributed by atoms with E-state index in [4.69, 9.17) is 4.42 Å². The molecule has 0 aliphatic carbocycles. The van der Waals surface area contributed by atoms with Gasteiger partial charge in [-0.1, -0.05) is 0 Å². The van der Waals surface area contributed by atoms with E-state index in [-0.39, 0.29) is 18.1 Å². The molecule has 27 heavy (non-hydrogen) atoms. The number of fused-ring (bicyclic) bond motifs is 1. The van der Waals surface area contributed by atoms with Gasteiger partial charge in [0.1, 0.15) is 5.82 Å². The minimum Gasteiger partial charge on any atom is -0.406 e. The molecular weight excluding hydrogens is 351 g/mol. The number of hydrogen-bond donors (Lipinski definition) is 0. The topological polar surface area (TPSA) is 71.6 Å². The number of carbonyl (C=O) groups is 1. The highest BCUT2D eigenvalue weighted by atomic mass is 19.1. The molecule has 1 saturated heterocycles. The Morgan fingerprint density at radius 2 is 1.89 bits per heavy atom. The van der Waals surface area contributed by atoms with Gasteiger partial charge in [0.2, 0.25) is 0 Å². The minimum atomic E-state index is -0.501. The van der Waals surface area contributed by atoms with Crippen LogP contribution in [0.2, 0.25) is 0 Å². The molecule has 7 nitrogen and oxygen atoms in total. The Balaban J connectivity index is 1.39. The summed E-state index contributed by atoms with van der Waals surface area (Å²) < 4.78 is 19.4. The number of halogens is 1. The molecule has 0 unspecified atom stereocenters. The van der Waals surface area contributed by atoms with Crippen LogP contribution in [0.4, 0.5) is 10.1 Å². The molecule has 1 aliphatic heterocycles. The van der Waals surface area contributed by atoms with Gasteiger partial charge in [0.15, 0.2) is 17.0 Å². The molecule has 1 aromatic carbocycles. The second-order valence-electron chi connectivity index (χ2n) is 6.64. The van der Waals surface area contributed by atoms with Crippen molar-refractivity contribution in [2.75, 3.05) is 37.6 Å². The van der Waals surface area contributed by atoms with E-state index in [1.165, 1.54) is 22.9 Å². The maximum atomic E-state index is 13.0. The molecule has 3 heterocycles. The number of oxazole rings is 1. The van der Waals surface area contributed by atoms with Gasteiger partial charge in [-0.15, -0.1) is 0 Å². The summed E-state index contributed by atoms with van der Waals surface area (Å²) in [5.74, 6) is -0.812. The fraction of sp³-hybridized carbons (Fsp3) is 0.316. The van der Waals surface area contributed by atoms with E-state index in [0.29, 0.717) is 16.8 Å². The lowest BCUT2D eigenvalue weighted by Gasteiger charge is -2.35. The zero-order chi connectivity index (χ0) is 19.0. The van der Waals surface area contributed by atoms with E-state index in [1.54, 1.807) is 25.2 Å². The Bertz CT molecular complexity index is 1030. The van der Waals surface area contributed by atoms with Gasteiger partial charge in [0.05, 0.1) is 6.54 Å². The quantitative estimate of drug-likeness (QED) is 0.651. The number of Topliss-reactive ketones (excluding diaryl/α,β-unsaturated/α-hetero) is 1. The van der Waals surface area contributed by atoms with Crippen molar-refractivity contribution in [1.82, 2.24) is 14.5 Å². The Hall–Kier alpha value is -3.00. The number of anilines is 1. The lowest BCUT2D eigenvalue weighted by Crippen LogP contribution is -2.48. The summed E-state index contributed by atoms with van der Waals surface area (Å²) in [6.45, 7) is 3.29. The Labute approximate surface area is 154 Å². The molecule has 0 radical (unpaired) electrons. The van der Waals surface area contributed by atoms with E-state index in [1.807, 2.05) is 0 Å². The molecule has 2 aromatic heterocycles. The van der Waals surface area contributed by atoms with Gasteiger partial charge in [0.25, 0.3) is 0 Å². The van der Waals surface area contributed by atoms with E-state index in [2.05, 4.69) is 14.8 Å². The van der Waals surface area contributed by atoms with Crippen LogP contribution >= 0.6 is 0 Å². The molecule has 1 fully saturated rings. The molecule has 4 rings (SSSR count). The van der Waals surface area contributed by atoms with Crippen molar-refractivity contribution in [3.8, 4) is 0 Å². The number of ketones is 1. The molecule has 1 aliphatic rings. The standard InChI is InChI=1S/C19H19FN4O3/c1-22-18-17(27-19(22)26)10-13(11-21-18)16(25)12-23-6-8-24(9-7-23)15-4-2-14(20)3-5-15/h2-5,10-11H,6-9,12H2,1H3. The molecule has 3 aromatic rings. The Kier molecular flexibility index (Phi) is 4.49. The predicted molar refractivity (Wildman–Crippen MR) is 98.6 cm³/mol. The zero-order valence-corrected chi connectivity index (χ0v) is 14.9. The number of carbonyl (C=O) groups excluding carboxylic acids is 1. The fourth-order valence-electron chi connectivity index (χ4n) is 3.28. The van der Waals surface area contributed by atoms with Crippen LogP contribution in [-0.2, 0) is 7.05 Å². The minimum absolute atomic E-state index is 0.0638. The first kappa shape index (κ1) is 17.4. The monoisotopic (exact) mass is 370 g/mol. The highest BCUT2D eigenvalue weighted by molar-refractivity contribution is 5.99. The van der Waals surface area contributed by atoms with Gasteiger partial charge in [-0.05, 0) is 30.3 Å². The van der Waals surface area contributed by atoms with Crippen LogP contribution < -0.4 is 10.7 Å². The van der Waals surface area contributed by atoms with Crippen LogP contribution in [0.25, 0.3) is 11.2 Å². The first-order chi connectivity index (χ1) is 13.0. The van der Waals surface area contributed by atoms with Gasteiger partial charge in [-0.25, -0.2) is 14.2 Å². The molecule has 0 bridgehead atoms. The number of nitrogens with zero attached hydrogens (tertiary/aromatic N) is 4. The Morgan fingerprint density at radius 1 is 1.19 bits per heavy atom. The first-order valence-electron chi connectivity index (χ1n) is 8.73. The maximum Gasteiger partial charge on any atom is 0.420 e. The number of aromatic nitrogens is 2. The van der Waals surface area contributed by atoms with Crippen molar-refractivity contribution in [2.45, 2.75) is 0 Å². The molecule has 0 saturated carbocycles. The summed E-state index contributed by atoms with van der Waals surface area (Å²) in [6.07, 6.45) is 1.48. The smallest absolute Gasteiger partial charge is 0.406 e. The molecule has 140 valence electrons. The average Bonchev–Trinajstić information content (AvgIpc) is 2.96. The van der Waals surface area contributed by atoms with Crippen LogP contribution in [-0.4, -0.2) is 53.0 Å². The van der Waals surface area contributed by atoms with Gasteiger partial charge in [0, 0.05) is 50.7 Å². The molecule has 0 spiro atoms. The van der Waals surface area contributed by atoms with Gasteiger partial charge in [-0.3, -0.25) is 14.3 Å². The highest BCUT2D eigenvalue weighted by Gasteiger charge is 2.21. The fourth-order valence-corrected chi connectivity index (χ4v) is 3.28. The van der Waals surface area contributed by atoms with Crippen LogP contribution in [0.5, 0.6) is 0 Å². The molecule has 8 heteroatoms. The number of aryl methyl sites for hydroxylation is 1. The predicted octanol–water partition coefficient (Wildman–Crippen LogP) is 1.67. The van der Waals surface area contributed by atoms with Crippen LogP contribution in [0.1, 0.15) is 10.4 Å². The first-order valence-corrected chi connectivity index (χ1v) is 8.73. The van der Waals surface area contributed by atoms with Crippen LogP contribution in [0.3, 0.4) is 0 Å². The lowest BCUT2D eigenvalue weighted by molar-refractivity contribution is 0.0926. The zero-order valence-electron chi connectivity index (χ0n) is 14.9. The van der Waals surface area contributed by atoms with E-state index in [9.17, 15) is 14.0 Å². The number of piperazine rings is 1. The number of pyridine rings is 1. The third-order valence-electron chi connectivity index (χ3n) is 4.87. The molecule has 0 amide bonds. The SMILES string of the molecule is Cn1c(=O)oc2cc(C(=O)CN3CCN(c4ccc(F)cc4)CC3)cnc21. The number of hydrogen-bond acceptors (Lipinski definition) is 6. The van der Waals surface area contributed by atoms with Gasteiger partial charge < -0.3 is 9.32 Å². The van der Waals surface area contributed by atoms with Crippen molar-refractivity contribution in [2.24, 2.45) is 7.05 Å². The van der Waals surface area contributed by atoms with Crippen LogP contribution in [0, 0.1) is 5.82 Å². The van der Waals surface area contributed by atoms with Crippen molar-refractivity contribution in [3.05, 3.63) is 58.5 Å². The third-order valence-corrected chi connectivity index (χ3v) is 4.87. The van der Waals surface area contributed by atoms with Crippen molar-refractivity contribution >= 4 is 22.7 Å². The average molecular weight is 370 g/mol. The third kappa shape index (κ3) is 3.48. The second-order valence-corrected chi connectivity index (χ2v) is 6.64. The van der Waals surface area contributed by atoms with Gasteiger partial charge in [-0.2, -0.15) is 0 Å². The second kappa shape index (κ2) is 6.96. The van der Waals surface area contributed by atoms with E-state index < -0.39 is 5.76 Å². The lowest BCUT2D eigenvalue weighted by atomic mass is 10.1. The van der Waals surface area contributed by atoms with Crippen molar-refractivity contribution in [3.63, 3.8) is 0 Å². The Morgan fingerprint density at radius 3 is 2.59 bits per heavy atom. The highest BCUT2D eigenvalue weighted by Crippen LogP contribution is 2.17. The molecular formula is C19H19FN4O3. The van der Waals surface area contributed by atoms with E-state index in [0.717, 1.165) is 31.9 Å². The summed E-state index contributed by atoms with van der Waals surface area (Å²) in [5, 5.41) is 0. The van der Waals surface area contributed by atoms with Crippen molar-refractivity contribution in [1.29, 1.82) is 0 Å². The normalized spacial score (nSPS) is 15.4. The number of benzene rings is 1. The largest absolute Gasteiger partial charge is 0.420 e. The molecule has 0 N–H and O–H groups in total. The number of rotatable bonds is 4. The maximum absolute atomic E-state index is 13.0. The summed E-state index contributed by atoms with van der Waals surface area (Å²) >= 11 is 0. The van der Waals surface area contributed by atoms with Crippen molar-refractivity contribution < 1.29 is 13.6 Å². The summed E-state index contributed by atoms with van der Waals surface area (Å²) in [5.41, 5.74) is 2.15. The van der Waals surface area contributed by atoms with E-state index >= 15 is 0 Å².